The lowest BCUT2D eigenvalue weighted by Gasteiger charge is -2.34. The number of carbonyl (C=O) groups excluding carboxylic acids is 2. The average molecular weight is 297 g/mol. The Kier molecular flexibility index (Phi) is 6.17. The van der Waals surface area contributed by atoms with E-state index < -0.39 is 0 Å². The second-order valence-electron chi connectivity index (χ2n) is 4.91. The maximum Gasteiger partial charge on any atom is 0.254 e. The Morgan fingerprint density at radius 3 is 2.40 bits per heavy atom. The van der Waals surface area contributed by atoms with Gasteiger partial charge in [0, 0.05) is 43.2 Å². The summed E-state index contributed by atoms with van der Waals surface area (Å²) >= 11 is 0. The Labute approximate surface area is 125 Å². The molecule has 0 unspecified atom stereocenters. The number of Topliss-reactive ketones (excluding diaryl/α,β-unsaturated/α-hetero) is 1. The first kappa shape index (κ1) is 16.7. The number of benzene rings is 1. The van der Waals surface area contributed by atoms with E-state index in [1.54, 1.807) is 24.3 Å². The summed E-state index contributed by atoms with van der Waals surface area (Å²) in [5.74, 6) is 0.152. The van der Waals surface area contributed by atoms with Gasteiger partial charge in [-0.05, 0) is 19.1 Å². The van der Waals surface area contributed by atoms with Gasteiger partial charge in [-0.2, -0.15) is 0 Å². The summed E-state index contributed by atoms with van der Waals surface area (Å²) in [4.78, 5) is 25.8. The summed E-state index contributed by atoms with van der Waals surface area (Å²) in [5.41, 5.74) is 1.33. The van der Waals surface area contributed by atoms with Crippen LogP contribution in [-0.4, -0.2) is 42.3 Å². The molecule has 1 amide bonds. The summed E-state index contributed by atoms with van der Waals surface area (Å²) in [6, 6.07) is 7.19. The van der Waals surface area contributed by atoms with Gasteiger partial charge >= 0.3 is 0 Å². The van der Waals surface area contributed by atoms with E-state index in [1.165, 1.54) is 0 Å². The van der Waals surface area contributed by atoms with Crippen LogP contribution in [-0.2, 0) is 0 Å². The van der Waals surface area contributed by atoms with Crippen LogP contribution in [0.3, 0.4) is 0 Å². The fraction of sp³-hybridized carbons (Fsp3) is 0.467. The Balaban J connectivity index is 0.00000200. The minimum Gasteiger partial charge on any atom is -0.333 e. The van der Waals surface area contributed by atoms with Crippen LogP contribution in [0, 0.1) is 0 Å². The lowest BCUT2D eigenvalue weighted by Crippen LogP contribution is -2.52. The molecule has 0 spiro atoms. The Hall–Kier alpha value is -1.39. The van der Waals surface area contributed by atoms with Crippen LogP contribution in [0.15, 0.2) is 24.3 Å². The van der Waals surface area contributed by atoms with Crippen LogP contribution in [0.1, 0.15) is 41.0 Å². The minimum absolute atomic E-state index is 0. The zero-order chi connectivity index (χ0) is 13.8. The second-order valence-corrected chi connectivity index (χ2v) is 4.91. The van der Waals surface area contributed by atoms with Crippen molar-refractivity contribution < 1.29 is 9.59 Å². The minimum atomic E-state index is 0. The zero-order valence-corrected chi connectivity index (χ0v) is 12.7. The van der Waals surface area contributed by atoms with Gasteiger partial charge in [0.05, 0.1) is 0 Å². The van der Waals surface area contributed by atoms with Gasteiger partial charge in [0.1, 0.15) is 0 Å². The first-order chi connectivity index (χ1) is 9.13. The largest absolute Gasteiger partial charge is 0.333 e. The molecule has 1 aliphatic heterocycles. The van der Waals surface area contributed by atoms with Crippen molar-refractivity contribution in [3.8, 4) is 0 Å². The Morgan fingerprint density at radius 1 is 1.25 bits per heavy atom. The number of amides is 1. The number of halogens is 1. The van der Waals surface area contributed by atoms with E-state index in [-0.39, 0.29) is 30.1 Å². The smallest absolute Gasteiger partial charge is 0.254 e. The molecule has 0 aromatic heterocycles. The van der Waals surface area contributed by atoms with E-state index in [1.807, 2.05) is 18.7 Å². The van der Waals surface area contributed by atoms with Gasteiger partial charge in [0.25, 0.3) is 5.91 Å². The molecule has 0 bridgehead atoms. The van der Waals surface area contributed by atoms with Crippen molar-refractivity contribution in [1.29, 1.82) is 0 Å². The monoisotopic (exact) mass is 296 g/mol. The molecule has 20 heavy (non-hydrogen) atoms. The average Bonchev–Trinajstić information content (AvgIpc) is 2.46. The molecular formula is C15H21ClN2O2. The van der Waals surface area contributed by atoms with Crippen LogP contribution in [0.4, 0.5) is 0 Å². The van der Waals surface area contributed by atoms with Crippen LogP contribution in [0.5, 0.6) is 0 Å². The first-order valence-corrected chi connectivity index (χ1v) is 6.78. The van der Waals surface area contributed by atoms with Gasteiger partial charge < -0.3 is 10.2 Å². The quantitative estimate of drug-likeness (QED) is 0.870. The third-order valence-electron chi connectivity index (χ3n) is 3.54. The summed E-state index contributed by atoms with van der Waals surface area (Å²) < 4.78 is 0. The maximum atomic E-state index is 12.4. The summed E-state index contributed by atoms with van der Waals surface area (Å²) in [6.45, 7) is 6.28. The van der Waals surface area contributed by atoms with Gasteiger partial charge in [0.2, 0.25) is 0 Å². The van der Waals surface area contributed by atoms with Crippen molar-refractivity contribution in [2.45, 2.75) is 26.3 Å². The molecule has 2 rings (SSSR count). The van der Waals surface area contributed by atoms with Crippen molar-refractivity contribution in [1.82, 2.24) is 10.2 Å². The van der Waals surface area contributed by atoms with E-state index in [9.17, 15) is 9.59 Å². The van der Waals surface area contributed by atoms with E-state index >= 15 is 0 Å². The molecule has 0 aliphatic carbocycles. The van der Waals surface area contributed by atoms with Gasteiger partial charge in [0.15, 0.2) is 5.78 Å². The fourth-order valence-corrected chi connectivity index (χ4v) is 2.31. The van der Waals surface area contributed by atoms with E-state index in [0.29, 0.717) is 17.5 Å². The second kappa shape index (κ2) is 7.41. The third-order valence-corrected chi connectivity index (χ3v) is 3.54. The summed E-state index contributed by atoms with van der Waals surface area (Å²) in [7, 11) is 0. The highest BCUT2D eigenvalue weighted by Gasteiger charge is 2.23. The highest BCUT2D eigenvalue weighted by atomic mass is 35.5. The molecule has 1 N–H and O–H groups in total. The zero-order valence-electron chi connectivity index (χ0n) is 11.9. The first-order valence-electron chi connectivity index (χ1n) is 6.78. The van der Waals surface area contributed by atoms with Crippen LogP contribution in [0.2, 0.25) is 0 Å². The summed E-state index contributed by atoms with van der Waals surface area (Å²) in [5, 5.41) is 3.26. The molecule has 1 fully saturated rings. The van der Waals surface area contributed by atoms with Crippen molar-refractivity contribution in [2.75, 3.05) is 19.6 Å². The molecule has 1 aromatic carbocycles. The Bertz CT molecular complexity index is 473. The van der Waals surface area contributed by atoms with Crippen LogP contribution >= 0.6 is 12.4 Å². The molecular weight excluding hydrogens is 276 g/mol. The molecule has 1 atom stereocenters. The highest BCUT2D eigenvalue weighted by molar-refractivity contribution is 5.98. The number of rotatable bonds is 3. The van der Waals surface area contributed by atoms with Gasteiger partial charge in [-0.15, -0.1) is 12.4 Å². The maximum absolute atomic E-state index is 12.4. The number of hydrogen-bond donors (Lipinski definition) is 1. The summed E-state index contributed by atoms with van der Waals surface area (Å²) in [6.07, 6.45) is 0.488. The van der Waals surface area contributed by atoms with Crippen molar-refractivity contribution in [3.63, 3.8) is 0 Å². The predicted octanol–water partition coefficient (Wildman–Crippen LogP) is 2.14. The number of piperazine rings is 1. The van der Waals surface area contributed by atoms with Crippen LogP contribution in [0.25, 0.3) is 0 Å². The predicted molar refractivity (Wildman–Crippen MR) is 81.7 cm³/mol. The van der Waals surface area contributed by atoms with Crippen molar-refractivity contribution in [2.24, 2.45) is 0 Å². The molecule has 4 nitrogen and oxygen atoms in total. The SMILES string of the molecule is CCC(=O)c1ccc(C(=O)N2CCNC[C@@H]2C)cc1.Cl. The lowest BCUT2D eigenvalue weighted by atomic mass is 10.1. The van der Waals surface area contributed by atoms with Crippen LogP contribution < -0.4 is 5.32 Å². The number of nitrogens with zero attached hydrogens (tertiary/aromatic N) is 1. The van der Waals surface area contributed by atoms with Crippen molar-refractivity contribution in [3.05, 3.63) is 35.4 Å². The molecule has 1 heterocycles. The molecule has 1 saturated heterocycles. The number of hydrogen-bond acceptors (Lipinski definition) is 3. The van der Waals surface area contributed by atoms with Gasteiger partial charge in [-0.1, -0.05) is 19.1 Å². The molecule has 5 heteroatoms. The molecule has 0 radical (unpaired) electrons. The third kappa shape index (κ3) is 3.58. The number of carbonyl (C=O) groups is 2. The number of ketones is 1. The van der Waals surface area contributed by atoms with E-state index in [0.717, 1.165) is 19.6 Å². The standard InChI is InChI=1S/C15H20N2O2.ClH/c1-3-14(18)12-4-6-13(7-5-12)15(19)17-9-8-16-10-11(17)2;/h4-7,11,16H,3,8-10H2,1-2H3;1H/t11-;/m0./s1. The number of nitrogens with one attached hydrogen (secondary N) is 1. The van der Waals surface area contributed by atoms with E-state index in [2.05, 4.69) is 5.32 Å². The Morgan fingerprint density at radius 2 is 1.85 bits per heavy atom. The molecule has 0 saturated carbocycles. The highest BCUT2D eigenvalue weighted by Crippen LogP contribution is 2.12. The van der Waals surface area contributed by atoms with Gasteiger partial charge in [-0.3, -0.25) is 9.59 Å². The van der Waals surface area contributed by atoms with Crippen molar-refractivity contribution >= 4 is 24.1 Å². The molecule has 1 aliphatic rings. The normalized spacial score (nSPS) is 18.3. The van der Waals surface area contributed by atoms with Gasteiger partial charge in [-0.25, -0.2) is 0 Å². The topological polar surface area (TPSA) is 49.4 Å². The van der Waals surface area contributed by atoms with E-state index in [4.69, 9.17) is 0 Å². The molecule has 110 valence electrons. The molecule has 1 aromatic rings. The lowest BCUT2D eigenvalue weighted by molar-refractivity contribution is 0.0655. The fourth-order valence-electron chi connectivity index (χ4n) is 2.31.